The summed E-state index contributed by atoms with van der Waals surface area (Å²) in [6.07, 6.45) is 7.13. The van der Waals surface area contributed by atoms with Crippen molar-refractivity contribution in [2.45, 2.75) is 69.5 Å². The van der Waals surface area contributed by atoms with E-state index in [1.54, 1.807) is 27.4 Å². The van der Waals surface area contributed by atoms with Crippen molar-refractivity contribution in [3.63, 3.8) is 0 Å². The van der Waals surface area contributed by atoms with Crippen LogP contribution in [-0.2, 0) is 28.5 Å². The van der Waals surface area contributed by atoms with Crippen molar-refractivity contribution >= 4 is 12.0 Å². The topological polar surface area (TPSA) is 88.3 Å². The molecule has 0 aromatic heterocycles. The molecule has 8 heteroatoms. The van der Waals surface area contributed by atoms with Crippen LogP contribution >= 0.6 is 0 Å². The maximum absolute atomic E-state index is 12.8. The first kappa shape index (κ1) is 27.6. The minimum Gasteiger partial charge on any atom is -0.493 e. The number of esters is 1. The minimum atomic E-state index is -0.416. The Hall–Kier alpha value is -2.39. The van der Waals surface area contributed by atoms with Gasteiger partial charge in [0.05, 0.1) is 32.3 Å². The van der Waals surface area contributed by atoms with E-state index in [1.807, 2.05) is 18.2 Å². The molecule has 37 heavy (non-hydrogen) atoms. The molecule has 8 nitrogen and oxygen atoms in total. The third-order valence-corrected chi connectivity index (χ3v) is 7.65. The van der Waals surface area contributed by atoms with Crippen LogP contribution in [0.3, 0.4) is 0 Å². The summed E-state index contributed by atoms with van der Waals surface area (Å²) in [5.41, 5.74) is 1.45. The number of methoxy groups -OCH3 is 3. The molecule has 204 valence electrons. The number of hydrogen-bond acceptors (Lipinski definition) is 8. The molecule has 6 atom stereocenters. The van der Waals surface area contributed by atoms with E-state index in [9.17, 15) is 4.79 Å². The summed E-state index contributed by atoms with van der Waals surface area (Å²) in [6.45, 7) is 7.91. The van der Waals surface area contributed by atoms with Crippen molar-refractivity contribution in [2.24, 2.45) is 5.92 Å². The van der Waals surface area contributed by atoms with E-state index in [0.717, 1.165) is 18.4 Å². The van der Waals surface area contributed by atoms with E-state index in [0.29, 0.717) is 37.7 Å². The number of ether oxygens (including phenoxy) is 7. The molecule has 0 radical (unpaired) electrons. The van der Waals surface area contributed by atoms with Gasteiger partial charge in [-0.15, -0.1) is 0 Å². The summed E-state index contributed by atoms with van der Waals surface area (Å²) >= 11 is 0. The largest absolute Gasteiger partial charge is 0.493 e. The van der Waals surface area contributed by atoms with Gasteiger partial charge in [0.2, 0.25) is 0 Å². The zero-order chi connectivity index (χ0) is 26.6. The second-order valence-corrected chi connectivity index (χ2v) is 10.4. The monoisotopic (exact) mass is 516 g/mol. The molecule has 2 aliphatic heterocycles. The predicted molar refractivity (Wildman–Crippen MR) is 139 cm³/mol. The highest BCUT2D eigenvalue weighted by Gasteiger charge is 2.72. The van der Waals surface area contributed by atoms with Gasteiger partial charge in [-0.2, -0.15) is 0 Å². The highest BCUT2D eigenvalue weighted by atomic mass is 16.6. The number of allylic oxidation sites excluding steroid dienone is 1. The number of epoxide rings is 2. The molecule has 0 amide bonds. The first-order valence-electron chi connectivity index (χ1n) is 12.9. The van der Waals surface area contributed by atoms with Crippen LogP contribution in [0.2, 0.25) is 0 Å². The fourth-order valence-corrected chi connectivity index (χ4v) is 5.57. The quantitative estimate of drug-likeness (QED) is 0.133. The lowest BCUT2D eigenvalue weighted by molar-refractivity contribution is -0.166. The lowest BCUT2D eigenvalue weighted by Gasteiger charge is -2.42. The molecule has 1 aromatic carbocycles. The van der Waals surface area contributed by atoms with Gasteiger partial charge in [0.15, 0.2) is 11.5 Å². The van der Waals surface area contributed by atoms with Crippen LogP contribution in [0.1, 0.15) is 45.6 Å². The predicted octanol–water partition coefficient (Wildman–Crippen LogP) is 4.35. The Bertz CT molecular complexity index is 1010. The maximum atomic E-state index is 12.8. The molecule has 2 saturated heterocycles. The molecular weight excluding hydrogens is 476 g/mol. The van der Waals surface area contributed by atoms with E-state index < -0.39 is 5.97 Å². The number of hydrogen-bond donors (Lipinski definition) is 0. The smallest absolute Gasteiger partial charge is 0.331 e. The number of benzene rings is 1. The first-order valence-corrected chi connectivity index (χ1v) is 12.9. The summed E-state index contributed by atoms with van der Waals surface area (Å²) < 4.78 is 40.2. The van der Waals surface area contributed by atoms with Crippen LogP contribution in [-0.4, -0.2) is 76.6 Å². The van der Waals surface area contributed by atoms with E-state index in [-0.39, 0.29) is 35.4 Å². The minimum absolute atomic E-state index is 0.00833. The van der Waals surface area contributed by atoms with Crippen molar-refractivity contribution in [1.82, 2.24) is 0 Å². The Labute approximate surface area is 219 Å². The Kier molecular flexibility index (Phi) is 8.63. The molecule has 4 rings (SSSR count). The Balaban J connectivity index is 1.41. The zero-order valence-corrected chi connectivity index (χ0v) is 22.8. The van der Waals surface area contributed by atoms with Crippen molar-refractivity contribution in [2.75, 3.05) is 41.2 Å². The molecule has 1 aromatic rings. The second-order valence-electron chi connectivity index (χ2n) is 10.4. The summed E-state index contributed by atoms with van der Waals surface area (Å²) in [5, 5.41) is 0. The highest BCUT2D eigenvalue weighted by molar-refractivity contribution is 5.87. The molecule has 3 aliphatic rings. The van der Waals surface area contributed by atoms with E-state index >= 15 is 0 Å². The van der Waals surface area contributed by atoms with Gasteiger partial charge in [-0.1, -0.05) is 17.7 Å². The zero-order valence-electron chi connectivity index (χ0n) is 22.8. The van der Waals surface area contributed by atoms with Gasteiger partial charge in [-0.3, -0.25) is 0 Å². The van der Waals surface area contributed by atoms with Gasteiger partial charge >= 0.3 is 5.97 Å². The molecule has 1 saturated carbocycles. The lowest BCUT2D eigenvalue weighted by Crippen LogP contribution is -2.55. The van der Waals surface area contributed by atoms with E-state index in [2.05, 4.69) is 26.8 Å². The van der Waals surface area contributed by atoms with Crippen LogP contribution in [0.15, 0.2) is 35.9 Å². The van der Waals surface area contributed by atoms with Gasteiger partial charge in [0, 0.05) is 20.3 Å². The van der Waals surface area contributed by atoms with Crippen LogP contribution in [0.4, 0.5) is 0 Å². The van der Waals surface area contributed by atoms with Gasteiger partial charge in [-0.25, -0.2) is 4.79 Å². The molecule has 1 aliphatic carbocycles. The number of carbonyl (C=O) groups is 1. The van der Waals surface area contributed by atoms with Gasteiger partial charge in [-0.05, 0) is 63.8 Å². The highest BCUT2D eigenvalue weighted by Crippen LogP contribution is 2.59. The second kappa shape index (κ2) is 11.6. The van der Waals surface area contributed by atoms with Gasteiger partial charge in [0.25, 0.3) is 0 Å². The van der Waals surface area contributed by atoms with Crippen LogP contribution in [0, 0.1) is 5.92 Å². The fourth-order valence-electron chi connectivity index (χ4n) is 5.57. The van der Waals surface area contributed by atoms with Crippen LogP contribution < -0.4 is 9.47 Å². The molecule has 0 bridgehead atoms. The standard InChI is InChI=1S/C29H40O8/c1-19(2)7-11-24-28(3,37-24)27-26(33-6)22(13-14-29(27)18-35-29)36-25(30)12-9-20-8-10-21(23(17-20)32-5)34-16-15-31-4/h7-10,12,17,22,24,26-27H,11,13-16,18H2,1-6H3/b12-9+/t22-,24+,26-,27-,28?,29+/m1/s1. The summed E-state index contributed by atoms with van der Waals surface area (Å²) in [6, 6.07) is 5.48. The van der Waals surface area contributed by atoms with Crippen LogP contribution in [0.25, 0.3) is 6.08 Å². The van der Waals surface area contributed by atoms with E-state index in [4.69, 9.17) is 33.2 Å². The van der Waals surface area contributed by atoms with Crippen molar-refractivity contribution < 1.29 is 38.0 Å². The molecule has 1 unspecified atom stereocenters. The summed E-state index contributed by atoms with van der Waals surface area (Å²) in [7, 11) is 4.88. The summed E-state index contributed by atoms with van der Waals surface area (Å²) in [4.78, 5) is 12.8. The maximum Gasteiger partial charge on any atom is 0.331 e. The number of carbonyl (C=O) groups excluding carboxylic acids is 1. The van der Waals surface area contributed by atoms with Crippen LogP contribution in [0.5, 0.6) is 11.5 Å². The molecule has 0 N–H and O–H groups in total. The van der Waals surface area contributed by atoms with Gasteiger partial charge < -0.3 is 33.2 Å². The fraction of sp³-hybridized carbons (Fsp3) is 0.621. The Morgan fingerprint density at radius 1 is 1.16 bits per heavy atom. The third-order valence-electron chi connectivity index (χ3n) is 7.65. The average Bonchev–Trinajstić information content (AvgIpc) is 3.80. The number of rotatable bonds is 12. The van der Waals surface area contributed by atoms with E-state index in [1.165, 1.54) is 11.6 Å². The SMILES string of the molecule is COCCOc1ccc(/C=C/C(=O)O[C@@H]2CC[C@]3(CO3)[C@@H](C3(C)O[C@H]3CC=C(C)C)[C@@H]2OC)cc1OC. The normalized spacial score (nSPS) is 32.3. The average molecular weight is 517 g/mol. The van der Waals surface area contributed by atoms with Crippen molar-refractivity contribution in [3.05, 3.63) is 41.5 Å². The first-order chi connectivity index (χ1) is 17.8. The molecular formula is C29H40O8. The van der Waals surface area contributed by atoms with Crippen molar-refractivity contribution in [1.29, 1.82) is 0 Å². The molecule has 1 spiro atoms. The molecule has 3 fully saturated rings. The Morgan fingerprint density at radius 2 is 1.95 bits per heavy atom. The summed E-state index contributed by atoms with van der Waals surface area (Å²) in [5.74, 6) is 0.772. The Morgan fingerprint density at radius 3 is 2.59 bits per heavy atom. The lowest BCUT2D eigenvalue weighted by atomic mass is 9.68. The third kappa shape index (κ3) is 6.20. The van der Waals surface area contributed by atoms with Crippen molar-refractivity contribution in [3.8, 4) is 11.5 Å². The molecule has 2 heterocycles. The van der Waals surface area contributed by atoms with Gasteiger partial charge in [0.1, 0.15) is 30.0 Å².